The van der Waals surface area contributed by atoms with Crippen molar-refractivity contribution in [1.29, 1.82) is 0 Å². The number of nitrogens with zero attached hydrogens (tertiary/aromatic N) is 5. The minimum atomic E-state index is -2.95. The van der Waals surface area contributed by atoms with Crippen LogP contribution < -0.4 is 10.1 Å². The summed E-state index contributed by atoms with van der Waals surface area (Å²) in [6.07, 6.45) is 8.80. The molecule has 0 spiro atoms. The molecule has 4 rings (SSSR count). The lowest BCUT2D eigenvalue weighted by Crippen LogP contribution is -2.44. The van der Waals surface area contributed by atoms with Crippen LogP contribution in [0.25, 0.3) is 0 Å². The van der Waals surface area contributed by atoms with Gasteiger partial charge in [0.25, 0.3) is 5.88 Å². The summed E-state index contributed by atoms with van der Waals surface area (Å²) in [4.78, 5) is 10.6. The molecule has 0 saturated carbocycles. The van der Waals surface area contributed by atoms with Gasteiger partial charge in [0.1, 0.15) is 5.69 Å². The van der Waals surface area contributed by atoms with Gasteiger partial charge in [-0.05, 0) is 31.7 Å². The van der Waals surface area contributed by atoms with Crippen molar-refractivity contribution in [2.45, 2.75) is 44.4 Å². The molecule has 8 nitrogen and oxygen atoms in total. The van der Waals surface area contributed by atoms with Gasteiger partial charge < -0.3 is 19.7 Å². The summed E-state index contributed by atoms with van der Waals surface area (Å²) >= 11 is 0. The van der Waals surface area contributed by atoms with Crippen LogP contribution in [-0.2, 0) is 4.74 Å². The van der Waals surface area contributed by atoms with Crippen molar-refractivity contribution in [2.75, 3.05) is 31.6 Å². The molecule has 0 aromatic carbocycles. The van der Waals surface area contributed by atoms with Crippen LogP contribution in [0.15, 0.2) is 24.7 Å². The van der Waals surface area contributed by atoms with E-state index in [1.54, 1.807) is 29.3 Å². The molecule has 0 unspecified atom stereocenters. The maximum absolute atomic E-state index is 12.8. The van der Waals surface area contributed by atoms with Crippen molar-refractivity contribution >= 4 is 11.6 Å². The third-order valence-corrected chi connectivity index (χ3v) is 5.29. The van der Waals surface area contributed by atoms with E-state index in [1.807, 2.05) is 0 Å². The first kappa shape index (κ1) is 19.0. The second-order valence-corrected chi connectivity index (χ2v) is 7.01. The molecule has 0 bridgehead atoms. The maximum atomic E-state index is 12.8. The molecule has 2 aliphatic rings. The predicted molar refractivity (Wildman–Crippen MR) is 97.9 cm³/mol. The fourth-order valence-electron chi connectivity index (χ4n) is 3.87. The molecule has 2 aromatic heterocycles. The fraction of sp³-hybridized carbons (Fsp3) is 0.611. The molecule has 2 fully saturated rings. The maximum Gasteiger partial charge on any atom is 0.388 e. The molecule has 0 amide bonds. The van der Waals surface area contributed by atoms with Crippen molar-refractivity contribution in [1.82, 2.24) is 24.6 Å². The van der Waals surface area contributed by atoms with Gasteiger partial charge in [-0.1, -0.05) is 0 Å². The highest BCUT2D eigenvalue weighted by atomic mass is 19.3. The molecule has 28 heavy (non-hydrogen) atoms. The second kappa shape index (κ2) is 8.78. The molecule has 2 saturated heterocycles. The minimum Gasteiger partial charge on any atom is -0.413 e. The van der Waals surface area contributed by atoms with Crippen molar-refractivity contribution in [3.05, 3.63) is 24.7 Å². The van der Waals surface area contributed by atoms with Gasteiger partial charge >= 0.3 is 6.61 Å². The summed E-state index contributed by atoms with van der Waals surface area (Å²) in [7, 11) is 0. The number of piperidine rings is 1. The molecular weight excluding hydrogens is 370 g/mol. The highest BCUT2D eigenvalue weighted by molar-refractivity contribution is 5.58. The molecule has 2 aromatic rings. The Labute approximate surface area is 161 Å². The van der Waals surface area contributed by atoms with Gasteiger partial charge in [-0.3, -0.25) is 4.68 Å². The highest BCUT2D eigenvalue weighted by Crippen LogP contribution is 2.32. The lowest BCUT2D eigenvalue weighted by atomic mass is 10.00. The van der Waals surface area contributed by atoms with E-state index in [0.717, 1.165) is 52.0 Å². The van der Waals surface area contributed by atoms with Crippen LogP contribution in [0.2, 0.25) is 0 Å². The van der Waals surface area contributed by atoms with E-state index >= 15 is 0 Å². The topological polar surface area (TPSA) is 77.3 Å². The average molecular weight is 394 g/mol. The first-order valence-corrected chi connectivity index (χ1v) is 9.59. The van der Waals surface area contributed by atoms with Gasteiger partial charge in [0, 0.05) is 44.7 Å². The molecule has 0 radical (unpaired) electrons. The van der Waals surface area contributed by atoms with E-state index in [9.17, 15) is 8.78 Å². The molecular formula is C18H24F2N6O2. The van der Waals surface area contributed by atoms with E-state index in [0.29, 0.717) is 17.7 Å². The molecule has 4 heterocycles. The summed E-state index contributed by atoms with van der Waals surface area (Å²) in [6.45, 7) is 0.634. The molecule has 0 aliphatic carbocycles. The van der Waals surface area contributed by atoms with E-state index in [1.165, 1.54) is 0 Å². The Morgan fingerprint density at radius 2 is 1.79 bits per heavy atom. The van der Waals surface area contributed by atoms with Gasteiger partial charge in [-0.2, -0.15) is 8.78 Å². The van der Waals surface area contributed by atoms with Gasteiger partial charge in [0.15, 0.2) is 0 Å². The van der Waals surface area contributed by atoms with Gasteiger partial charge in [0.05, 0.1) is 12.2 Å². The van der Waals surface area contributed by atoms with Gasteiger partial charge in [-0.25, -0.2) is 9.97 Å². The van der Waals surface area contributed by atoms with E-state index < -0.39 is 6.61 Å². The van der Waals surface area contributed by atoms with Crippen LogP contribution in [0.4, 0.5) is 20.4 Å². The summed E-state index contributed by atoms with van der Waals surface area (Å²) in [5.41, 5.74) is 0.332. The van der Waals surface area contributed by atoms with Crippen LogP contribution >= 0.6 is 0 Å². The molecule has 152 valence electrons. The van der Waals surface area contributed by atoms with Crippen molar-refractivity contribution in [2.24, 2.45) is 0 Å². The number of hydrogen-bond donors (Lipinski definition) is 1. The zero-order valence-corrected chi connectivity index (χ0v) is 15.5. The molecule has 0 atom stereocenters. The van der Waals surface area contributed by atoms with Crippen LogP contribution in [0.3, 0.4) is 0 Å². The number of halogens is 2. The number of alkyl halides is 2. The summed E-state index contributed by atoms with van der Waals surface area (Å²) in [5.74, 6) is 0.157. The Hall–Kier alpha value is -2.33. The summed E-state index contributed by atoms with van der Waals surface area (Å²) in [6, 6.07) is 2.40. The number of ether oxygens (including phenoxy) is 2. The molecule has 1 N–H and O–H groups in total. The first-order chi connectivity index (χ1) is 13.7. The van der Waals surface area contributed by atoms with Gasteiger partial charge in [0.2, 0.25) is 5.95 Å². The van der Waals surface area contributed by atoms with E-state index in [-0.39, 0.29) is 11.9 Å². The summed E-state index contributed by atoms with van der Waals surface area (Å²) < 4.78 is 37.4. The third kappa shape index (κ3) is 4.56. The number of nitrogens with one attached hydrogen (secondary N) is 1. The van der Waals surface area contributed by atoms with Gasteiger partial charge in [-0.15, -0.1) is 5.10 Å². The Kier molecular flexibility index (Phi) is 5.96. The van der Waals surface area contributed by atoms with E-state index in [2.05, 4.69) is 30.0 Å². The number of hydrogen-bond acceptors (Lipinski definition) is 7. The normalized spacial score (nSPS) is 19.8. The zero-order valence-electron chi connectivity index (χ0n) is 15.5. The largest absolute Gasteiger partial charge is 0.413 e. The average Bonchev–Trinajstić information content (AvgIpc) is 3.11. The van der Waals surface area contributed by atoms with Crippen LogP contribution in [0.5, 0.6) is 5.88 Å². The third-order valence-electron chi connectivity index (χ3n) is 5.29. The Bertz CT molecular complexity index is 746. The molecule has 2 aliphatic heterocycles. The minimum absolute atomic E-state index is 0.142. The van der Waals surface area contributed by atoms with E-state index in [4.69, 9.17) is 4.74 Å². The van der Waals surface area contributed by atoms with Crippen molar-refractivity contribution < 1.29 is 18.3 Å². The zero-order chi connectivity index (χ0) is 19.3. The predicted octanol–water partition coefficient (Wildman–Crippen LogP) is 2.83. The Balaban J connectivity index is 1.44. The van der Waals surface area contributed by atoms with Crippen LogP contribution in [0.1, 0.15) is 31.7 Å². The van der Waals surface area contributed by atoms with Crippen molar-refractivity contribution in [3.63, 3.8) is 0 Å². The lowest BCUT2D eigenvalue weighted by Gasteiger charge is -2.39. The summed E-state index contributed by atoms with van der Waals surface area (Å²) in [5, 5.41) is 7.18. The fourth-order valence-corrected chi connectivity index (χ4v) is 3.87. The number of likely N-dealkylation sites (tertiary alicyclic amines) is 1. The quantitative estimate of drug-likeness (QED) is 0.807. The SMILES string of the molecule is FC(F)Oc1nn(C2CCN(C3CCOCC3)CC2)cc1Nc1ncccn1. The Morgan fingerprint density at radius 3 is 2.46 bits per heavy atom. The van der Waals surface area contributed by atoms with Crippen LogP contribution in [-0.4, -0.2) is 63.6 Å². The number of rotatable bonds is 6. The first-order valence-electron chi connectivity index (χ1n) is 9.59. The van der Waals surface area contributed by atoms with Crippen LogP contribution in [0, 0.1) is 0 Å². The number of anilines is 2. The number of aromatic nitrogens is 4. The Morgan fingerprint density at radius 1 is 1.07 bits per heavy atom. The smallest absolute Gasteiger partial charge is 0.388 e. The lowest BCUT2D eigenvalue weighted by molar-refractivity contribution is -0.0530. The second-order valence-electron chi connectivity index (χ2n) is 7.01. The van der Waals surface area contributed by atoms with Crippen molar-refractivity contribution in [3.8, 4) is 5.88 Å². The standard InChI is InChI=1S/C18H24F2N6O2/c19-17(20)28-16-15(23-18-21-6-1-7-22-18)12-26(24-16)14-2-8-25(9-3-14)13-4-10-27-11-5-13/h1,6-7,12-14,17H,2-5,8-11H2,(H,21,22,23). The molecule has 10 heteroatoms. The monoisotopic (exact) mass is 394 g/mol. The highest BCUT2D eigenvalue weighted by Gasteiger charge is 2.28.